The number of halogens is 1. The van der Waals surface area contributed by atoms with Gasteiger partial charge >= 0.3 is 0 Å². The fraction of sp³-hybridized carbons (Fsp3) is 0.522. The van der Waals surface area contributed by atoms with E-state index < -0.39 is 0 Å². The monoisotopic (exact) mass is 427 g/mol. The van der Waals surface area contributed by atoms with Crippen LogP contribution in [0.1, 0.15) is 59.1 Å². The van der Waals surface area contributed by atoms with Crippen LogP contribution >= 0.6 is 0 Å². The summed E-state index contributed by atoms with van der Waals surface area (Å²) in [6.45, 7) is 6.42. The number of nitrogens with one attached hydrogen (secondary N) is 1. The lowest BCUT2D eigenvalue weighted by atomic mass is 10.0. The predicted molar refractivity (Wildman–Crippen MR) is 115 cm³/mol. The number of piperidine rings is 1. The molecule has 7 nitrogen and oxygen atoms in total. The van der Waals surface area contributed by atoms with Crippen LogP contribution in [-0.4, -0.2) is 63.6 Å². The Morgan fingerprint density at radius 3 is 2.77 bits per heavy atom. The van der Waals surface area contributed by atoms with E-state index in [1.165, 1.54) is 31.4 Å². The SMILES string of the molecule is C[C@H]1CCCCN1CCCNC(=O)c1cc2n(n1)CCN(Cc1ccc(F)cc1)C2=O. The highest BCUT2D eigenvalue weighted by Crippen LogP contribution is 2.18. The molecule has 2 aliphatic rings. The first-order valence-corrected chi connectivity index (χ1v) is 11.1. The number of fused-ring (bicyclic) bond motifs is 1. The van der Waals surface area contributed by atoms with Crippen LogP contribution in [0.2, 0.25) is 0 Å². The third-order valence-electron chi connectivity index (χ3n) is 6.24. The summed E-state index contributed by atoms with van der Waals surface area (Å²) in [5.74, 6) is -0.708. The Hall–Kier alpha value is -2.74. The van der Waals surface area contributed by atoms with Crippen molar-refractivity contribution >= 4 is 11.8 Å². The van der Waals surface area contributed by atoms with Crippen molar-refractivity contribution in [2.75, 3.05) is 26.2 Å². The quantitative estimate of drug-likeness (QED) is 0.690. The van der Waals surface area contributed by atoms with Crippen LogP contribution in [0.4, 0.5) is 4.39 Å². The molecular weight excluding hydrogens is 397 g/mol. The lowest BCUT2D eigenvalue weighted by Gasteiger charge is -2.33. The van der Waals surface area contributed by atoms with Gasteiger partial charge in [-0.15, -0.1) is 0 Å². The number of amides is 2. The van der Waals surface area contributed by atoms with E-state index in [1.54, 1.807) is 27.8 Å². The Balaban J connectivity index is 1.30. The summed E-state index contributed by atoms with van der Waals surface area (Å²) in [7, 11) is 0. The second-order valence-corrected chi connectivity index (χ2v) is 8.48. The van der Waals surface area contributed by atoms with Gasteiger partial charge in [0.05, 0.1) is 6.54 Å². The molecule has 166 valence electrons. The standard InChI is InChI=1S/C23H30FN5O2/c1-17-5-2-3-11-27(17)12-4-10-25-22(30)20-15-21-23(31)28(13-14-29(21)26-20)16-18-6-8-19(24)9-7-18/h6-9,15,17H,2-5,10-14,16H2,1H3,(H,25,30)/t17-/m0/s1. The number of nitrogens with zero attached hydrogens (tertiary/aromatic N) is 4. The fourth-order valence-electron chi connectivity index (χ4n) is 4.37. The normalized spacial score (nSPS) is 19.4. The van der Waals surface area contributed by atoms with E-state index in [0.717, 1.165) is 25.1 Å². The van der Waals surface area contributed by atoms with Gasteiger partial charge in [0.2, 0.25) is 0 Å². The molecule has 1 saturated heterocycles. The topological polar surface area (TPSA) is 70.5 Å². The maximum Gasteiger partial charge on any atom is 0.272 e. The van der Waals surface area contributed by atoms with Crippen molar-refractivity contribution in [3.05, 3.63) is 53.1 Å². The molecule has 0 unspecified atom stereocenters. The summed E-state index contributed by atoms with van der Waals surface area (Å²) in [4.78, 5) is 29.6. The average molecular weight is 428 g/mol. The Morgan fingerprint density at radius 1 is 1.19 bits per heavy atom. The third kappa shape index (κ3) is 5.12. The second kappa shape index (κ2) is 9.60. The van der Waals surface area contributed by atoms with Gasteiger partial charge in [-0.3, -0.25) is 14.3 Å². The molecule has 8 heteroatoms. The maximum atomic E-state index is 13.1. The zero-order valence-electron chi connectivity index (χ0n) is 18.0. The summed E-state index contributed by atoms with van der Waals surface area (Å²) in [5.41, 5.74) is 1.56. The van der Waals surface area contributed by atoms with Crippen molar-refractivity contribution in [3.8, 4) is 0 Å². The van der Waals surface area contributed by atoms with E-state index >= 15 is 0 Å². The molecule has 1 N–H and O–H groups in total. The fourth-order valence-corrected chi connectivity index (χ4v) is 4.37. The van der Waals surface area contributed by atoms with Crippen molar-refractivity contribution in [2.45, 2.75) is 51.7 Å². The molecule has 0 spiro atoms. The van der Waals surface area contributed by atoms with E-state index in [-0.39, 0.29) is 23.3 Å². The summed E-state index contributed by atoms with van der Waals surface area (Å²) in [6.07, 6.45) is 4.70. The molecule has 1 aromatic carbocycles. The van der Waals surface area contributed by atoms with Crippen molar-refractivity contribution in [1.29, 1.82) is 0 Å². The van der Waals surface area contributed by atoms with E-state index in [9.17, 15) is 14.0 Å². The van der Waals surface area contributed by atoms with Gasteiger partial charge in [-0.05, 0) is 50.4 Å². The Kier molecular flexibility index (Phi) is 6.65. The summed E-state index contributed by atoms with van der Waals surface area (Å²) in [6, 6.07) is 8.33. The Morgan fingerprint density at radius 2 is 2.00 bits per heavy atom. The van der Waals surface area contributed by atoms with Crippen molar-refractivity contribution < 1.29 is 14.0 Å². The first-order chi connectivity index (χ1) is 15.0. The van der Waals surface area contributed by atoms with Gasteiger partial charge in [0.1, 0.15) is 11.5 Å². The third-order valence-corrected chi connectivity index (χ3v) is 6.24. The van der Waals surface area contributed by atoms with Gasteiger partial charge in [0, 0.05) is 38.3 Å². The number of aromatic nitrogens is 2. The number of hydrogen-bond donors (Lipinski definition) is 1. The van der Waals surface area contributed by atoms with Crippen molar-refractivity contribution in [2.24, 2.45) is 0 Å². The molecule has 0 saturated carbocycles. The molecule has 0 bridgehead atoms. The molecule has 2 amide bonds. The molecule has 2 aliphatic heterocycles. The number of rotatable bonds is 7. The van der Waals surface area contributed by atoms with Crippen molar-refractivity contribution in [3.63, 3.8) is 0 Å². The summed E-state index contributed by atoms with van der Waals surface area (Å²) < 4.78 is 14.7. The molecule has 4 rings (SSSR count). The average Bonchev–Trinajstić information content (AvgIpc) is 3.21. The van der Waals surface area contributed by atoms with Crippen LogP contribution in [0.15, 0.2) is 30.3 Å². The van der Waals surface area contributed by atoms with Gasteiger partial charge in [-0.2, -0.15) is 5.10 Å². The van der Waals surface area contributed by atoms with Crippen LogP contribution in [-0.2, 0) is 13.1 Å². The lowest BCUT2D eigenvalue weighted by molar-refractivity contribution is 0.0683. The highest BCUT2D eigenvalue weighted by atomic mass is 19.1. The number of carbonyl (C=O) groups excluding carboxylic acids is 2. The maximum absolute atomic E-state index is 13.1. The van der Waals surface area contributed by atoms with Gasteiger partial charge in [0.15, 0.2) is 5.69 Å². The second-order valence-electron chi connectivity index (χ2n) is 8.48. The Bertz CT molecular complexity index is 927. The lowest BCUT2D eigenvalue weighted by Crippen LogP contribution is -2.39. The van der Waals surface area contributed by atoms with E-state index in [0.29, 0.717) is 37.9 Å². The molecule has 2 aromatic rings. The molecule has 0 radical (unpaired) electrons. The van der Waals surface area contributed by atoms with Crippen molar-refractivity contribution in [1.82, 2.24) is 24.9 Å². The van der Waals surface area contributed by atoms with E-state index in [2.05, 4.69) is 22.2 Å². The van der Waals surface area contributed by atoms with Crippen LogP contribution in [0.25, 0.3) is 0 Å². The van der Waals surface area contributed by atoms with Gasteiger partial charge in [-0.25, -0.2) is 4.39 Å². The minimum atomic E-state index is -0.298. The van der Waals surface area contributed by atoms with Gasteiger partial charge < -0.3 is 15.1 Å². The number of hydrogen-bond acceptors (Lipinski definition) is 4. The van der Waals surface area contributed by atoms with Crippen LogP contribution in [0, 0.1) is 5.82 Å². The molecule has 1 atom stereocenters. The summed E-state index contributed by atoms with van der Waals surface area (Å²) >= 11 is 0. The summed E-state index contributed by atoms with van der Waals surface area (Å²) in [5, 5.41) is 7.26. The highest BCUT2D eigenvalue weighted by Gasteiger charge is 2.28. The number of carbonyl (C=O) groups is 2. The molecule has 1 aromatic heterocycles. The molecule has 1 fully saturated rings. The molecule has 31 heavy (non-hydrogen) atoms. The van der Waals surface area contributed by atoms with Gasteiger partial charge in [0.25, 0.3) is 11.8 Å². The first-order valence-electron chi connectivity index (χ1n) is 11.1. The van der Waals surface area contributed by atoms with Gasteiger partial charge in [-0.1, -0.05) is 18.6 Å². The number of benzene rings is 1. The smallest absolute Gasteiger partial charge is 0.272 e. The Labute approximate surface area is 182 Å². The van der Waals surface area contributed by atoms with E-state index in [1.807, 2.05) is 0 Å². The molecule has 0 aliphatic carbocycles. The molecule has 3 heterocycles. The zero-order valence-corrected chi connectivity index (χ0v) is 18.0. The highest BCUT2D eigenvalue weighted by molar-refractivity contribution is 5.98. The van der Waals surface area contributed by atoms with E-state index in [4.69, 9.17) is 0 Å². The predicted octanol–water partition coefficient (Wildman–Crippen LogP) is 2.67. The zero-order chi connectivity index (χ0) is 21.8. The number of likely N-dealkylation sites (tertiary alicyclic amines) is 1. The van der Waals surface area contributed by atoms with Crippen LogP contribution < -0.4 is 5.32 Å². The molecular formula is C23H30FN5O2. The largest absolute Gasteiger partial charge is 0.351 e. The van der Waals surface area contributed by atoms with Crippen LogP contribution in [0.3, 0.4) is 0 Å². The minimum Gasteiger partial charge on any atom is -0.351 e. The first kappa shape index (κ1) is 21.5. The van der Waals surface area contributed by atoms with Crippen LogP contribution in [0.5, 0.6) is 0 Å². The minimum absolute atomic E-state index is 0.166.